The van der Waals surface area contributed by atoms with Crippen molar-refractivity contribution in [2.75, 3.05) is 38.1 Å². The minimum atomic E-state index is -0.442. The molecule has 112 valence electrons. The van der Waals surface area contributed by atoms with E-state index < -0.39 is 4.92 Å². The first kappa shape index (κ1) is 16.2. The number of pyridine rings is 1. The van der Waals surface area contributed by atoms with Crippen molar-refractivity contribution in [3.8, 4) is 5.88 Å². The van der Waals surface area contributed by atoms with Gasteiger partial charge in [0.15, 0.2) is 0 Å². The van der Waals surface area contributed by atoms with Crippen molar-refractivity contribution in [1.29, 1.82) is 0 Å². The predicted molar refractivity (Wildman–Crippen MR) is 78.3 cm³/mol. The van der Waals surface area contributed by atoms with Crippen LogP contribution in [-0.2, 0) is 0 Å². The van der Waals surface area contributed by atoms with Crippen molar-refractivity contribution in [2.45, 2.75) is 20.8 Å². The molecule has 1 heterocycles. The van der Waals surface area contributed by atoms with Crippen molar-refractivity contribution in [3.05, 3.63) is 22.2 Å². The molecule has 0 atom stereocenters. The zero-order valence-electron chi connectivity index (χ0n) is 12.3. The quantitative estimate of drug-likeness (QED) is 0.552. The fourth-order valence-electron chi connectivity index (χ4n) is 1.81. The number of hydrogen-bond acceptors (Lipinski definition) is 6. The summed E-state index contributed by atoms with van der Waals surface area (Å²) in [6.07, 6.45) is 0. The highest BCUT2D eigenvalue weighted by Gasteiger charge is 2.16. The van der Waals surface area contributed by atoms with Gasteiger partial charge in [-0.25, -0.2) is 0 Å². The standard InChI is InChI=1S/C13H22N4O3/c1-4-16(5-2)10-9-14-13-11(17(18)19)7-8-12(15-13)20-6-3/h7-8H,4-6,9-10H2,1-3H3,(H,14,15). The average Bonchev–Trinajstić information content (AvgIpc) is 2.44. The number of ether oxygens (including phenoxy) is 1. The van der Waals surface area contributed by atoms with Crippen LogP contribution in [0, 0.1) is 10.1 Å². The third-order valence-electron chi connectivity index (χ3n) is 2.95. The number of anilines is 1. The van der Waals surface area contributed by atoms with E-state index in [1.165, 1.54) is 12.1 Å². The maximum atomic E-state index is 11.0. The normalized spacial score (nSPS) is 10.6. The molecular formula is C13H22N4O3. The van der Waals surface area contributed by atoms with E-state index in [1.54, 1.807) is 0 Å². The Morgan fingerprint density at radius 3 is 2.60 bits per heavy atom. The smallest absolute Gasteiger partial charge is 0.311 e. The fourth-order valence-corrected chi connectivity index (χ4v) is 1.81. The van der Waals surface area contributed by atoms with Crippen molar-refractivity contribution < 1.29 is 9.66 Å². The molecule has 1 N–H and O–H groups in total. The Morgan fingerprint density at radius 1 is 1.35 bits per heavy atom. The minimum Gasteiger partial charge on any atom is -0.478 e. The van der Waals surface area contributed by atoms with Gasteiger partial charge in [-0.05, 0) is 20.0 Å². The summed E-state index contributed by atoms with van der Waals surface area (Å²) >= 11 is 0. The van der Waals surface area contributed by atoms with Gasteiger partial charge in [-0.1, -0.05) is 13.8 Å². The van der Waals surface area contributed by atoms with Gasteiger partial charge in [0.2, 0.25) is 11.7 Å². The van der Waals surface area contributed by atoms with E-state index in [4.69, 9.17) is 4.74 Å². The fraction of sp³-hybridized carbons (Fsp3) is 0.615. The van der Waals surface area contributed by atoms with Gasteiger partial charge in [-0.2, -0.15) is 4.98 Å². The van der Waals surface area contributed by atoms with Crippen molar-refractivity contribution in [2.24, 2.45) is 0 Å². The summed E-state index contributed by atoms with van der Waals surface area (Å²) in [5, 5.41) is 14.0. The monoisotopic (exact) mass is 282 g/mol. The molecule has 0 unspecified atom stereocenters. The van der Waals surface area contributed by atoms with E-state index in [2.05, 4.69) is 29.0 Å². The molecule has 1 aromatic heterocycles. The summed E-state index contributed by atoms with van der Waals surface area (Å²) in [7, 11) is 0. The maximum Gasteiger partial charge on any atom is 0.311 e. The molecular weight excluding hydrogens is 260 g/mol. The molecule has 0 spiro atoms. The molecule has 0 saturated heterocycles. The summed E-state index contributed by atoms with van der Waals surface area (Å²) in [4.78, 5) is 16.9. The highest BCUT2D eigenvalue weighted by Crippen LogP contribution is 2.24. The number of aromatic nitrogens is 1. The predicted octanol–water partition coefficient (Wildman–Crippen LogP) is 2.14. The van der Waals surface area contributed by atoms with Crippen molar-refractivity contribution in [1.82, 2.24) is 9.88 Å². The number of nitrogens with zero attached hydrogens (tertiary/aromatic N) is 3. The van der Waals surface area contributed by atoms with E-state index in [9.17, 15) is 10.1 Å². The topological polar surface area (TPSA) is 80.5 Å². The first-order valence-electron chi connectivity index (χ1n) is 6.86. The molecule has 0 saturated carbocycles. The Morgan fingerprint density at radius 2 is 2.05 bits per heavy atom. The molecule has 0 amide bonds. The summed E-state index contributed by atoms with van der Waals surface area (Å²) in [5.74, 6) is 0.650. The molecule has 0 aliphatic heterocycles. The zero-order chi connectivity index (χ0) is 15.0. The van der Waals surface area contributed by atoms with E-state index >= 15 is 0 Å². The van der Waals surface area contributed by atoms with Crippen LogP contribution in [0.3, 0.4) is 0 Å². The van der Waals surface area contributed by atoms with E-state index in [-0.39, 0.29) is 11.5 Å². The summed E-state index contributed by atoms with van der Waals surface area (Å²) in [6.45, 7) is 9.80. The third-order valence-corrected chi connectivity index (χ3v) is 2.95. The molecule has 7 nitrogen and oxygen atoms in total. The van der Waals surface area contributed by atoms with E-state index in [0.29, 0.717) is 19.0 Å². The van der Waals surface area contributed by atoms with Crippen LogP contribution in [0.15, 0.2) is 12.1 Å². The van der Waals surface area contributed by atoms with Crippen LogP contribution in [0.1, 0.15) is 20.8 Å². The molecule has 0 aliphatic carbocycles. The average molecular weight is 282 g/mol. The molecule has 7 heteroatoms. The molecule has 1 rings (SSSR count). The second-order valence-corrected chi connectivity index (χ2v) is 4.16. The van der Waals surface area contributed by atoms with Gasteiger partial charge < -0.3 is 15.0 Å². The van der Waals surface area contributed by atoms with Crippen molar-refractivity contribution in [3.63, 3.8) is 0 Å². The van der Waals surface area contributed by atoms with E-state index in [1.807, 2.05) is 6.92 Å². The number of hydrogen-bond donors (Lipinski definition) is 1. The highest BCUT2D eigenvalue weighted by molar-refractivity contribution is 5.57. The molecule has 0 bridgehead atoms. The van der Waals surface area contributed by atoms with Crippen LogP contribution in [0.2, 0.25) is 0 Å². The van der Waals surface area contributed by atoms with E-state index in [0.717, 1.165) is 19.6 Å². The Hall–Kier alpha value is -1.89. The van der Waals surface area contributed by atoms with Gasteiger partial charge in [0, 0.05) is 25.2 Å². The van der Waals surface area contributed by atoms with Crippen LogP contribution < -0.4 is 10.1 Å². The highest BCUT2D eigenvalue weighted by atomic mass is 16.6. The van der Waals surface area contributed by atoms with Gasteiger partial charge in [-0.3, -0.25) is 10.1 Å². The van der Waals surface area contributed by atoms with Gasteiger partial charge >= 0.3 is 5.69 Å². The zero-order valence-corrected chi connectivity index (χ0v) is 12.3. The largest absolute Gasteiger partial charge is 0.478 e. The van der Waals surface area contributed by atoms with Crippen LogP contribution in [0.4, 0.5) is 11.5 Å². The third kappa shape index (κ3) is 4.65. The first-order valence-corrected chi connectivity index (χ1v) is 6.86. The molecule has 0 aliphatic rings. The van der Waals surface area contributed by atoms with Crippen LogP contribution in [-0.4, -0.2) is 47.6 Å². The lowest BCUT2D eigenvalue weighted by atomic mass is 10.3. The number of rotatable bonds is 9. The SMILES string of the molecule is CCOc1ccc([N+](=O)[O-])c(NCCN(CC)CC)n1. The molecule has 0 fully saturated rings. The summed E-state index contributed by atoms with van der Waals surface area (Å²) in [6, 6.07) is 2.93. The Kier molecular flexibility index (Phi) is 6.72. The molecule has 20 heavy (non-hydrogen) atoms. The summed E-state index contributed by atoms with van der Waals surface area (Å²) < 4.78 is 5.27. The molecule has 0 radical (unpaired) electrons. The minimum absolute atomic E-state index is 0.0343. The maximum absolute atomic E-state index is 11.0. The molecule has 0 aromatic carbocycles. The summed E-state index contributed by atoms with van der Waals surface area (Å²) in [5.41, 5.74) is -0.0343. The van der Waals surface area contributed by atoms with Crippen LogP contribution in [0.25, 0.3) is 0 Å². The van der Waals surface area contributed by atoms with Gasteiger partial charge in [0.25, 0.3) is 0 Å². The lowest BCUT2D eigenvalue weighted by Crippen LogP contribution is -2.28. The Labute approximate surface area is 119 Å². The first-order chi connectivity index (χ1) is 9.62. The van der Waals surface area contributed by atoms with Gasteiger partial charge in [-0.15, -0.1) is 0 Å². The lowest BCUT2D eigenvalue weighted by molar-refractivity contribution is -0.384. The van der Waals surface area contributed by atoms with Crippen LogP contribution >= 0.6 is 0 Å². The second kappa shape index (κ2) is 8.31. The second-order valence-electron chi connectivity index (χ2n) is 4.16. The van der Waals surface area contributed by atoms with Crippen molar-refractivity contribution >= 4 is 11.5 Å². The van der Waals surface area contributed by atoms with Gasteiger partial charge in [0.1, 0.15) is 0 Å². The molecule has 1 aromatic rings. The lowest BCUT2D eigenvalue weighted by Gasteiger charge is -2.18. The number of nitrogens with one attached hydrogen (secondary N) is 1. The van der Waals surface area contributed by atoms with Gasteiger partial charge in [0.05, 0.1) is 11.5 Å². The van der Waals surface area contributed by atoms with Crippen LogP contribution in [0.5, 0.6) is 5.88 Å². The Bertz CT molecular complexity index is 436. The number of likely N-dealkylation sites (N-methyl/N-ethyl adjacent to an activating group) is 1. The Balaban J connectivity index is 2.74. The number of nitro groups is 1.